The number of carboxylic acid groups (broad SMARTS) is 1. The van der Waals surface area contributed by atoms with Gasteiger partial charge in [-0.3, -0.25) is 4.79 Å². The third-order valence-electron chi connectivity index (χ3n) is 4.59. The first kappa shape index (κ1) is 24.9. The number of amides is 1. The van der Waals surface area contributed by atoms with Gasteiger partial charge in [-0.05, 0) is 61.9 Å². The van der Waals surface area contributed by atoms with E-state index in [1.807, 2.05) is 19.9 Å². The molecular formula is C26H24N2O7. The van der Waals surface area contributed by atoms with E-state index in [2.05, 4.69) is 5.32 Å². The lowest BCUT2D eigenvalue weighted by atomic mass is 10.1. The molecule has 2 aromatic carbocycles. The summed E-state index contributed by atoms with van der Waals surface area (Å²) in [5.74, 6) is -0.167. The monoisotopic (exact) mass is 476 g/mol. The van der Waals surface area contributed by atoms with Gasteiger partial charge in [0.25, 0.3) is 5.91 Å². The van der Waals surface area contributed by atoms with Crippen LogP contribution in [0.25, 0.3) is 6.08 Å². The zero-order valence-corrected chi connectivity index (χ0v) is 19.2. The summed E-state index contributed by atoms with van der Waals surface area (Å²) in [6.45, 7) is 4.52. The standard InChI is InChI=1S/C26H24N2O7/c1-3-32-20-7-5-6-19(14-20)28-25(29)18(15-27)12-17-8-10-22(24(13-17)33-4-2)34-16-21-9-11-23(35-21)26(30)31/h5-14H,3-4,16H2,1-2H3,(H,28,29)(H,30,31). The van der Waals surface area contributed by atoms with Gasteiger partial charge in [0.2, 0.25) is 5.76 Å². The Bertz CT molecular complexity index is 1270. The van der Waals surface area contributed by atoms with Crippen LogP contribution in [0, 0.1) is 11.3 Å². The van der Waals surface area contributed by atoms with Crippen molar-refractivity contribution in [1.29, 1.82) is 5.26 Å². The van der Waals surface area contributed by atoms with Gasteiger partial charge in [-0.25, -0.2) is 4.79 Å². The van der Waals surface area contributed by atoms with Gasteiger partial charge >= 0.3 is 5.97 Å². The number of carboxylic acids is 1. The number of carbonyl (C=O) groups is 2. The number of nitrogens with zero attached hydrogens (tertiary/aromatic N) is 1. The largest absolute Gasteiger partial charge is 0.494 e. The molecule has 0 aliphatic carbocycles. The van der Waals surface area contributed by atoms with Crippen LogP contribution in [0.4, 0.5) is 5.69 Å². The molecule has 3 rings (SSSR count). The summed E-state index contributed by atoms with van der Waals surface area (Å²) in [5.41, 5.74) is 0.964. The SMILES string of the molecule is CCOc1cccc(NC(=O)C(C#N)=Cc2ccc(OCc3ccc(C(=O)O)o3)c(OCC)c2)c1. The Hall–Kier alpha value is -4.71. The first-order chi connectivity index (χ1) is 16.9. The second kappa shape index (κ2) is 12.0. The van der Waals surface area contributed by atoms with E-state index in [0.717, 1.165) is 0 Å². The second-order valence-electron chi connectivity index (χ2n) is 7.08. The highest BCUT2D eigenvalue weighted by Crippen LogP contribution is 2.30. The van der Waals surface area contributed by atoms with Crippen LogP contribution >= 0.6 is 0 Å². The quantitative estimate of drug-likeness (QED) is 0.295. The van der Waals surface area contributed by atoms with E-state index in [-0.39, 0.29) is 17.9 Å². The fraction of sp³-hybridized carbons (Fsp3) is 0.192. The van der Waals surface area contributed by atoms with E-state index in [9.17, 15) is 14.9 Å². The number of benzene rings is 2. The van der Waals surface area contributed by atoms with E-state index in [0.29, 0.717) is 47.5 Å². The normalized spacial score (nSPS) is 10.8. The molecule has 9 heteroatoms. The van der Waals surface area contributed by atoms with E-state index in [1.165, 1.54) is 18.2 Å². The van der Waals surface area contributed by atoms with Gasteiger partial charge in [-0.2, -0.15) is 5.26 Å². The van der Waals surface area contributed by atoms with Crippen LogP contribution in [0.5, 0.6) is 17.2 Å². The molecule has 0 fully saturated rings. The third-order valence-corrected chi connectivity index (χ3v) is 4.59. The summed E-state index contributed by atoms with van der Waals surface area (Å²) in [5, 5.41) is 21.2. The molecule has 0 aliphatic rings. The highest BCUT2D eigenvalue weighted by Gasteiger charge is 2.13. The fourth-order valence-electron chi connectivity index (χ4n) is 3.07. The number of aromatic carboxylic acids is 1. The molecule has 0 spiro atoms. The molecule has 2 N–H and O–H groups in total. The summed E-state index contributed by atoms with van der Waals surface area (Å²) in [4.78, 5) is 23.6. The van der Waals surface area contributed by atoms with Crippen LogP contribution in [-0.2, 0) is 11.4 Å². The third kappa shape index (κ3) is 6.88. The van der Waals surface area contributed by atoms with E-state index < -0.39 is 11.9 Å². The number of carbonyl (C=O) groups excluding carboxylic acids is 1. The summed E-state index contributed by atoms with van der Waals surface area (Å²) >= 11 is 0. The number of hydrogen-bond acceptors (Lipinski definition) is 7. The molecule has 1 aromatic heterocycles. The number of anilines is 1. The predicted molar refractivity (Wildman–Crippen MR) is 127 cm³/mol. The average Bonchev–Trinajstić information content (AvgIpc) is 3.32. The number of nitriles is 1. The Balaban J connectivity index is 1.75. The molecule has 0 saturated carbocycles. The maximum atomic E-state index is 12.7. The van der Waals surface area contributed by atoms with Crippen molar-refractivity contribution in [2.24, 2.45) is 0 Å². The Morgan fingerprint density at radius 1 is 1.03 bits per heavy atom. The van der Waals surface area contributed by atoms with Gasteiger partial charge < -0.3 is 29.1 Å². The van der Waals surface area contributed by atoms with Crippen LogP contribution in [0.1, 0.15) is 35.7 Å². The highest BCUT2D eigenvalue weighted by molar-refractivity contribution is 6.09. The Morgan fingerprint density at radius 3 is 2.51 bits per heavy atom. The molecule has 1 heterocycles. The summed E-state index contributed by atoms with van der Waals surface area (Å²) < 4.78 is 22.0. The lowest BCUT2D eigenvalue weighted by Crippen LogP contribution is -2.13. The molecule has 0 bridgehead atoms. The first-order valence-corrected chi connectivity index (χ1v) is 10.8. The predicted octanol–water partition coefficient (Wildman–Crippen LogP) is 4.90. The molecule has 0 radical (unpaired) electrons. The topological polar surface area (TPSA) is 131 Å². The van der Waals surface area contributed by atoms with Crippen LogP contribution < -0.4 is 19.5 Å². The Kier molecular flexibility index (Phi) is 8.51. The highest BCUT2D eigenvalue weighted by atomic mass is 16.5. The van der Waals surface area contributed by atoms with Crippen molar-refractivity contribution < 1.29 is 33.3 Å². The number of hydrogen-bond donors (Lipinski definition) is 2. The second-order valence-corrected chi connectivity index (χ2v) is 7.08. The Morgan fingerprint density at radius 2 is 1.83 bits per heavy atom. The zero-order chi connectivity index (χ0) is 25.2. The van der Waals surface area contributed by atoms with Gasteiger partial charge in [0, 0.05) is 11.8 Å². The smallest absolute Gasteiger partial charge is 0.371 e. The summed E-state index contributed by atoms with van der Waals surface area (Å²) in [6.07, 6.45) is 1.44. The van der Waals surface area contributed by atoms with Gasteiger partial charge in [0.05, 0.1) is 13.2 Å². The van der Waals surface area contributed by atoms with Crippen LogP contribution in [0.3, 0.4) is 0 Å². The minimum atomic E-state index is -1.17. The molecule has 1 amide bonds. The molecule has 0 aliphatic heterocycles. The maximum Gasteiger partial charge on any atom is 0.371 e. The summed E-state index contributed by atoms with van der Waals surface area (Å²) in [7, 11) is 0. The zero-order valence-electron chi connectivity index (χ0n) is 19.2. The lowest BCUT2D eigenvalue weighted by Gasteiger charge is -2.12. The van der Waals surface area contributed by atoms with Gasteiger partial charge in [0.1, 0.15) is 29.8 Å². The van der Waals surface area contributed by atoms with Crippen molar-refractivity contribution >= 4 is 23.6 Å². The number of furan rings is 1. The lowest BCUT2D eigenvalue weighted by molar-refractivity contribution is -0.112. The van der Waals surface area contributed by atoms with Crippen molar-refractivity contribution in [3.8, 4) is 23.3 Å². The Labute approximate surface area is 202 Å². The molecule has 3 aromatic rings. The van der Waals surface area contributed by atoms with E-state index in [4.69, 9.17) is 23.7 Å². The molecule has 0 unspecified atom stereocenters. The average molecular weight is 476 g/mol. The van der Waals surface area contributed by atoms with Crippen molar-refractivity contribution in [2.75, 3.05) is 18.5 Å². The van der Waals surface area contributed by atoms with Crippen molar-refractivity contribution in [3.05, 3.63) is 77.3 Å². The molecule has 180 valence electrons. The fourth-order valence-corrected chi connectivity index (χ4v) is 3.07. The van der Waals surface area contributed by atoms with Crippen LogP contribution in [0.2, 0.25) is 0 Å². The molecule has 9 nitrogen and oxygen atoms in total. The minimum Gasteiger partial charge on any atom is -0.494 e. The molecule has 35 heavy (non-hydrogen) atoms. The maximum absolute atomic E-state index is 12.7. The van der Waals surface area contributed by atoms with Crippen molar-refractivity contribution in [2.45, 2.75) is 20.5 Å². The number of rotatable bonds is 11. The van der Waals surface area contributed by atoms with Gasteiger partial charge in [0.15, 0.2) is 11.5 Å². The summed E-state index contributed by atoms with van der Waals surface area (Å²) in [6, 6.07) is 16.6. The first-order valence-electron chi connectivity index (χ1n) is 10.8. The van der Waals surface area contributed by atoms with E-state index >= 15 is 0 Å². The number of ether oxygens (including phenoxy) is 3. The van der Waals surface area contributed by atoms with Crippen LogP contribution in [-0.4, -0.2) is 30.2 Å². The molecular weight excluding hydrogens is 452 g/mol. The van der Waals surface area contributed by atoms with Crippen molar-refractivity contribution in [1.82, 2.24) is 0 Å². The molecule has 0 atom stereocenters. The minimum absolute atomic E-state index is 0.00476. The van der Waals surface area contributed by atoms with Gasteiger partial charge in [-0.15, -0.1) is 0 Å². The van der Waals surface area contributed by atoms with Crippen LogP contribution in [0.15, 0.2) is 64.6 Å². The van der Waals surface area contributed by atoms with Gasteiger partial charge in [-0.1, -0.05) is 12.1 Å². The number of nitrogens with one attached hydrogen (secondary N) is 1. The van der Waals surface area contributed by atoms with Crippen molar-refractivity contribution in [3.63, 3.8) is 0 Å². The van der Waals surface area contributed by atoms with E-state index in [1.54, 1.807) is 42.5 Å². The molecule has 0 saturated heterocycles.